The number of pyridine rings is 1. The second-order valence-corrected chi connectivity index (χ2v) is 6.08. The highest BCUT2D eigenvalue weighted by atomic mass is 16.5. The van der Waals surface area contributed by atoms with Gasteiger partial charge < -0.3 is 14.6 Å². The van der Waals surface area contributed by atoms with Crippen LogP contribution in [-0.4, -0.2) is 29.0 Å². The Morgan fingerprint density at radius 1 is 1.00 bits per heavy atom. The Hall–Kier alpha value is -4.89. The highest BCUT2D eigenvalue weighted by Crippen LogP contribution is 2.33. The van der Waals surface area contributed by atoms with E-state index in [1.807, 2.05) is 12.1 Å². The van der Waals surface area contributed by atoms with Gasteiger partial charge in [-0.2, -0.15) is 15.5 Å². The smallest absolute Gasteiger partial charge is 0.323 e. The summed E-state index contributed by atoms with van der Waals surface area (Å²) in [5, 5.41) is 27.2. The first-order valence-corrected chi connectivity index (χ1v) is 8.83. The van der Waals surface area contributed by atoms with Gasteiger partial charge in [-0.05, 0) is 42.5 Å². The number of hydrogen-bond donors (Lipinski definition) is 1. The van der Waals surface area contributed by atoms with Crippen molar-refractivity contribution in [2.24, 2.45) is 0 Å². The zero-order valence-electron chi connectivity index (χ0n) is 15.9. The molecule has 1 N–H and O–H groups in total. The fourth-order valence-electron chi connectivity index (χ4n) is 2.58. The summed E-state index contributed by atoms with van der Waals surface area (Å²) < 4.78 is 11.4. The van der Waals surface area contributed by atoms with Crippen LogP contribution in [0, 0.1) is 22.7 Å². The number of anilines is 1. The fourth-order valence-corrected chi connectivity index (χ4v) is 2.58. The van der Waals surface area contributed by atoms with Gasteiger partial charge in [0.05, 0.1) is 23.3 Å². The van der Waals surface area contributed by atoms with E-state index in [1.165, 1.54) is 24.3 Å². The molecule has 0 bridgehead atoms. The summed E-state index contributed by atoms with van der Waals surface area (Å²) in [4.78, 5) is 27.7. The highest BCUT2D eigenvalue weighted by Gasteiger charge is 2.18. The molecule has 2 aromatic carbocycles. The molecule has 0 saturated carbocycles. The Kier molecular flexibility index (Phi) is 6.41. The van der Waals surface area contributed by atoms with Gasteiger partial charge in [0.2, 0.25) is 18.2 Å². The Balaban J connectivity index is 2.00. The van der Waals surface area contributed by atoms with Crippen LogP contribution in [-0.2, 0) is 9.59 Å². The van der Waals surface area contributed by atoms with Crippen LogP contribution in [0.2, 0.25) is 0 Å². The molecular weight excluding hydrogens is 400 g/mol. The Morgan fingerprint density at radius 3 is 2.16 bits per heavy atom. The second-order valence-electron chi connectivity index (χ2n) is 6.08. The molecule has 3 rings (SSSR count). The number of nitrogens with zero attached hydrogens (tertiary/aromatic N) is 4. The van der Waals surface area contributed by atoms with Crippen molar-refractivity contribution in [1.29, 1.82) is 10.5 Å². The molecule has 0 saturated heterocycles. The average Bonchev–Trinajstić information content (AvgIpc) is 2.78. The van der Waals surface area contributed by atoms with Crippen molar-refractivity contribution < 1.29 is 24.2 Å². The van der Waals surface area contributed by atoms with Crippen LogP contribution in [0.5, 0.6) is 23.3 Å². The van der Waals surface area contributed by atoms with Gasteiger partial charge in [-0.15, -0.1) is 0 Å². The number of ether oxygens (including phenoxy) is 2. The van der Waals surface area contributed by atoms with E-state index in [2.05, 4.69) is 4.98 Å². The molecule has 1 aromatic heterocycles. The minimum absolute atomic E-state index is 0.0893. The molecule has 0 aliphatic carbocycles. The maximum absolute atomic E-state index is 11.5. The van der Waals surface area contributed by atoms with Crippen molar-refractivity contribution in [3.05, 3.63) is 71.8 Å². The van der Waals surface area contributed by atoms with Crippen LogP contribution in [0.15, 0.2) is 60.7 Å². The average molecular weight is 414 g/mol. The maximum Gasteiger partial charge on any atom is 0.323 e. The summed E-state index contributed by atoms with van der Waals surface area (Å²) in [5.41, 5.74) is 0.836. The van der Waals surface area contributed by atoms with Gasteiger partial charge in [0, 0.05) is 6.07 Å². The van der Waals surface area contributed by atoms with Crippen LogP contribution in [0.1, 0.15) is 11.1 Å². The highest BCUT2D eigenvalue weighted by molar-refractivity contribution is 5.86. The standard InChI is InChI=1S/C22H14N4O5/c23-11-15-3-1-5-17(9-15)30-20-8-7-19(26(14-27)13-21(28)29)22(25-20)31-18-6-2-4-16(10-18)12-24/h1-10,14H,13H2,(H,28,29). The second kappa shape index (κ2) is 9.54. The number of aliphatic carboxylic acids is 1. The number of carbonyl (C=O) groups is 2. The molecule has 3 aromatic rings. The lowest BCUT2D eigenvalue weighted by molar-refractivity contribution is -0.136. The number of carbonyl (C=O) groups excluding carboxylic acids is 1. The summed E-state index contributed by atoms with van der Waals surface area (Å²) in [6.45, 7) is -0.607. The monoisotopic (exact) mass is 414 g/mol. The number of rotatable bonds is 8. The van der Waals surface area contributed by atoms with E-state index in [4.69, 9.17) is 25.1 Å². The molecule has 0 unspecified atom stereocenters. The first kappa shape index (κ1) is 20.8. The number of nitriles is 2. The van der Waals surface area contributed by atoms with Gasteiger partial charge in [0.25, 0.3) is 0 Å². The number of amides is 1. The molecule has 0 aliphatic heterocycles. The zero-order chi connectivity index (χ0) is 22.2. The lowest BCUT2D eigenvalue weighted by Crippen LogP contribution is -2.28. The molecule has 31 heavy (non-hydrogen) atoms. The Labute approximate surface area is 176 Å². The van der Waals surface area contributed by atoms with Gasteiger partial charge in [-0.25, -0.2) is 0 Å². The molecular formula is C22H14N4O5. The number of hydrogen-bond acceptors (Lipinski definition) is 7. The van der Waals surface area contributed by atoms with Crippen LogP contribution in [0.4, 0.5) is 5.69 Å². The van der Waals surface area contributed by atoms with E-state index in [1.54, 1.807) is 36.4 Å². The minimum atomic E-state index is -1.22. The van der Waals surface area contributed by atoms with Crippen LogP contribution >= 0.6 is 0 Å². The van der Waals surface area contributed by atoms with Crippen molar-refractivity contribution in [2.45, 2.75) is 0 Å². The molecule has 152 valence electrons. The number of aromatic nitrogens is 1. The van der Waals surface area contributed by atoms with Gasteiger partial charge in [-0.1, -0.05) is 12.1 Å². The third-order valence-corrected chi connectivity index (χ3v) is 3.92. The molecule has 1 amide bonds. The van der Waals surface area contributed by atoms with E-state index in [0.29, 0.717) is 23.3 Å². The quantitative estimate of drug-likeness (QED) is 0.553. The Bertz CT molecular complexity index is 1210. The van der Waals surface area contributed by atoms with E-state index in [0.717, 1.165) is 4.90 Å². The lowest BCUT2D eigenvalue weighted by Gasteiger charge is -2.19. The summed E-state index contributed by atoms with van der Waals surface area (Å²) in [7, 11) is 0. The zero-order valence-corrected chi connectivity index (χ0v) is 15.9. The van der Waals surface area contributed by atoms with Gasteiger partial charge in [0.1, 0.15) is 23.7 Å². The number of carboxylic acids is 1. The topological polar surface area (TPSA) is 137 Å². The Morgan fingerprint density at radius 2 is 1.61 bits per heavy atom. The predicted molar refractivity (Wildman–Crippen MR) is 108 cm³/mol. The van der Waals surface area contributed by atoms with Crippen molar-refractivity contribution in [3.8, 4) is 35.4 Å². The summed E-state index contributed by atoms with van der Waals surface area (Å²) >= 11 is 0. The molecule has 0 radical (unpaired) electrons. The first-order chi connectivity index (χ1) is 15.0. The van der Waals surface area contributed by atoms with Crippen LogP contribution in [0.3, 0.4) is 0 Å². The van der Waals surface area contributed by atoms with Gasteiger partial charge in [-0.3, -0.25) is 14.5 Å². The molecule has 0 fully saturated rings. The van der Waals surface area contributed by atoms with E-state index in [9.17, 15) is 9.59 Å². The molecule has 9 heteroatoms. The molecule has 0 aliphatic rings. The third kappa shape index (κ3) is 5.34. The van der Waals surface area contributed by atoms with Crippen molar-refractivity contribution in [1.82, 2.24) is 4.98 Å². The maximum atomic E-state index is 11.5. The fraction of sp³-hybridized carbons (Fsp3) is 0.0455. The van der Waals surface area contributed by atoms with E-state index in [-0.39, 0.29) is 23.2 Å². The molecule has 9 nitrogen and oxygen atoms in total. The largest absolute Gasteiger partial charge is 0.480 e. The van der Waals surface area contributed by atoms with E-state index >= 15 is 0 Å². The van der Waals surface area contributed by atoms with Crippen molar-refractivity contribution in [3.63, 3.8) is 0 Å². The van der Waals surface area contributed by atoms with Gasteiger partial charge >= 0.3 is 5.97 Å². The molecule has 0 atom stereocenters. The lowest BCUT2D eigenvalue weighted by atomic mass is 10.2. The van der Waals surface area contributed by atoms with E-state index < -0.39 is 12.5 Å². The first-order valence-electron chi connectivity index (χ1n) is 8.83. The summed E-state index contributed by atoms with van der Waals surface area (Å²) in [5.74, 6) is -0.617. The molecule has 0 spiro atoms. The summed E-state index contributed by atoms with van der Waals surface area (Å²) in [6, 6.07) is 19.5. The predicted octanol–water partition coefficient (Wildman–Crippen LogP) is 3.46. The van der Waals surface area contributed by atoms with Gasteiger partial charge in [0.15, 0.2) is 0 Å². The van der Waals surface area contributed by atoms with Crippen molar-refractivity contribution >= 4 is 18.1 Å². The number of benzene rings is 2. The van der Waals surface area contributed by atoms with Crippen LogP contribution in [0.25, 0.3) is 0 Å². The van der Waals surface area contributed by atoms with Crippen LogP contribution < -0.4 is 14.4 Å². The third-order valence-electron chi connectivity index (χ3n) is 3.92. The normalized spacial score (nSPS) is 9.74. The van der Waals surface area contributed by atoms with Crippen molar-refractivity contribution in [2.75, 3.05) is 11.4 Å². The molecule has 1 heterocycles. The SMILES string of the molecule is N#Cc1cccc(Oc2ccc(N(C=O)CC(=O)O)c(Oc3cccc(C#N)c3)n2)c1. The summed E-state index contributed by atoms with van der Waals surface area (Å²) in [6.07, 6.45) is 0.348. The number of carboxylic acid groups (broad SMARTS) is 1. The minimum Gasteiger partial charge on any atom is -0.480 e.